The van der Waals surface area contributed by atoms with Crippen LogP contribution in [-0.4, -0.2) is 22.7 Å². The summed E-state index contributed by atoms with van der Waals surface area (Å²) < 4.78 is 0. The Morgan fingerprint density at radius 3 is 2.37 bits per heavy atom. The van der Waals surface area contributed by atoms with Crippen LogP contribution < -0.4 is 5.32 Å². The molecule has 1 amide bonds. The van der Waals surface area contributed by atoms with Crippen LogP contribution in [0, 0.1) is 23.7 Å². The van der Waals surface area contributed by atoms with Crippen molar-refractivity contribution in [2.75, 3.05) is 0 Å². The molecule has 4 nitrogen and oxygen atoms in total. The van der Waals surface area contributed by atoms with E-state index in [1.165, 1.54) is 43.4 Å². The summed E-state index contributed by atoms with van der Waals surface area (Å²) in [6, 6.07) is 7.79. The van der Waals surface area contributed by atoms with Crippen LogP contribution in [0.2, 0.25) is 0 Å². The van der Waals surface area contributed by atoms with Gasteiger partial charge in [0.15, 0.2) is 5.78 Å². The van der Waals surface area contributed by atoms with Crippen LogP contribution in [0.5, 0.6) is 0 Å². The number of benzene rings is 1. The molecule has 0 spiro atoms. The molecule has 0 saturated heterocycles. The standard InChI is InChI=1S/C22H24N2O2S/c1-12(25)17-4-2-3-5-18(17)22-23-19(11-27-22)21(26)24-20-15-7-13-6-14(9-15)10-16(20)8-13/h2-5,11,13-16,20H,6-10H2,1H3,(H,24,26). The number of nitrogens with zero attached hydrogens (tertiary/aromatic N) is 1. The number of hydrogen-bond donors (Lipinski definition) is 1. The van der Waals surface area contributed by atoms with Gasteiger partial charge in [-0.15, -0.1) is 11.3 Å². The monoisotopic (exact) mass is 380 g/mol. The fourth-order valence-corrected chi connectivity index (χ4v) is 6.70. The third kappa shape index (κ3) is 3.02. The van der Waals surface area contributed by atoms with Crippen molar-refractivity contribution in [1.29, 1.82) is 0 Å². The maximum absolute atomic E-state index is 12.9. The Morgan fingerprint density at radius 1 is 1.04 bits per heavy atom. The minimum Gasteiger partial charge on any atom is -0.347 e. The van der Waals surface area contributed by atoms with Crippen LogP contribution in [0.25, 0.3) is 10.6 Å². The van der Waals surface area contributed by atoms with E-state index in [4.69, 9.17) is 0 Å². The second-order valence-corrected chi connectivity index (χ2v) is 9.43. The minimum atomic E-state index is -0.0599. The molecule has 4 fully saturated rings. The summed E-state index contributed by atoms with van der Waals surface area (Å²) in [7, 11) is 0. The summed E-state index contributed by atoms with van der Waals surface area (Å²) in [6.07, 6.45) is 6.55. The highest BCUT2D eigenvalue weighted by molar-refractivity contribution is 7.13. The molecule has 5 heteroatoms. The molecule has 140 valence electrons. The van der Waals surface area contributed by atoms with Crippen LogP contribution in [0.3, 0.4) is 0 Å². The van der Waals surface area contributed by atoms with E-state index in [0.717, 1.165) is 22.4 Å². The zero-order valence-corrected chi connectivity index (χ0v) is 16.3. The van der Waals surface area contributed by atoms with Gasteiger partial charge in [0.25, 0.3) is 5.91 Å². The van der Waals surface area contributed by atoms with E-state index in [0.29, 0.717) is 29.1 Å². The lowest BCUT2D eigenvalue weighted by Crippen LogP contribution is -2.55. The van der Waals surface area contributed by atoms with Crippen LogP contribution in [0.15, 0.2) is 29.6 Å². The molecule has 1 aromatic carbocycles. The second kappa shape index (κ2) is 6.55. The zero-order chi connectivity index (χ0) is 18.5. The van der Waals surface area contributed by atoms with Gasteiger partial charge < -0.3 is 5.32 Å². The van der Waals surface area contributed by atoms with Gasteiger partial charge in [-0.05, 0) is 62.7 Å². The molecule has 1 aromatic heterocycles. The Kier molecular flexibility index (Phi) is 4.15. The maximum atomic E-state index is 12.9. The highest BCUT2D eigenvalue weighted by Gasteiger charge is 2.48. The highest BCUT2D eigenvalue weighted by Crippen LogP contribution is 2.53. The lowest BCUT2D eigenvalue weighted by Gasteiger charge is -2.54. The van der Waals surface area contributed by atoms with E-state index < -0.39 is 0 Å². The minimum absolute atomic E-state index is 0.0143. The van der Waals surface area contributed by atoms with Crippen molar-refractivity contribution in [2.24, 2.45) is 23.7 Å². The SMILES string of the molecule is CC(=O)c1ccccc1-c1nc(C(=O)NC2C3CC4CC(C3)CC2C4)cs1. The molecule has 4 aliphatic carbocycles. The lowest BCUT2D eigenvalue weighted by molar-refractivity contribution is -0.0120. The Morgan fingerprint density at radius 2 is 1.70 bits per heavy atom. The summed E-state index contributed by atoms with van der Waals surface area (Å²) >= 11 is 1.43. The molecule has 0 radical (unpaired) electrons. The van der Waals surface area contributed by atoms with E-state index in [2.05, 4.69) is 10.3 Å². The predicted octanol–water partition coefficient (Wildman–Crippen LogP) is 4.57. The molecule has 27 heavy (non-hydrogen) atoms. The van der Waals surface area contributed by atoms with Crippen molar-refractivity contribution in [3.8, 4) is 10.6 Å². The third-order valence-corrected chi connectivity index (χ3v) is 7.67. The van der Waals surface area contributed by atoms with Crippen LogP contribution >= 0.6 is 11.3 Å². The number of nitrogens with one attached hydrogen (secondary N) is 1. The van der Waals surface area contributed by atoms with Gasteiger partial charge in [0.2, 0.25) is 0 Å². The molecule has 4 aliphatic rings. The van der Waals surface area contributed by atoms with Crippen LogP contribution in [-0.2, 0) is 0 Å². The first-order chi connectivity index (χ1) is 13.1. The predicted molar refractivity (Wildman–Crippen MR) is 106 cm³/mol. The number of amides is 1. The number of carbonyl (C=O) groups is 2. The first-order valence-corrected chi connectivity index (χ1v) is 10.8. The number of rotatable bonds is 4. The number of Topliss-reactive ketones (excluding diaryl/α,β-unsaturated/α-hetero) is 1. The number of hydrogen-bond acceptors (Lipinski definition) is 4. The molecule has 0 atom stereocenters. The Bertz CT molecular complexity index is 875. The Hall–Kier alpha value is -2.01. The lowest BCUT2D eigenvalue weighted by atomic mass is 9.54. The Labute approximate surface area is 163 Å². The van der Waals surface area contributed by atoms with Crippen molar-refractivity contribution in [1.82, 2.24) is 10.3 Å². The fraction of sp³-hybridized carbons (Fsp3) is 0.500. The van der Waals surface area contributed by atoms with E-state index in [-0.39, 0.29) is 11.7 Å². The molecular weight excluding hydrogens is 356 g/mol. The summed E-state index contributed by atoms with van der Waals surface area (Å²) in [5.41, 5.74) is 1.94. The van der Waals surface area contributed by atoms with Gasteiger partial charge in [-0.2, -0.15) is 0 Å². The van der Waals surface area contributed by atoms with E-state index in [9.17, 15) is 9.59 Å². The highest BCUT2D eigenvalue weighted by atomic mass is 32.1. The molecular formula is C22H24N2O2S. The van der Waals surface area contributed by atoms with Gasteiger partial charge in [0, 0.05) is 22.5 Å². The molecule has 1 heterocycles. The van der Waals surface area contributed by atoms with E-state index in [1.807, 2.05) is 29.6 Å². The maximum Gasteiger partial charge on any atom is 0.271 e. The van der Waals surface area contributed by atoms with Gasteiger partial charge in [0.05, 0.1) is 0 Å². The zero-order valence-electron chi connectivity index (χ0n) is 15.5. The first-order valence-electron chi connectivity index (χ1n) is 9.95. The smallest absolute Gasteiger partial charge is 0.271 e. The fourth-order valence-electron chi connectivity index (χ4n) is 5.86. The van der Waals surface area contributed by atoms with E-state index >= 15 is 0 Å². The third-order valence-electron chi connectivity index (χ3n) is 6.80. The number of thiazole rings is 1. The number of aromatic nitrogens is 1. The van der Waals surface area contributed by atoms with Crippen LogP contribution in [0.1, 0.15) is 59.9 Å². The molecule has 0 aliphatic heterocycles. The van der Waals surface area contributed by atoms with Gasteiger partial charge in [0.1, 0.15) is 10.7 Å². The van der Waals surface area contributed by atoms with Crippen molar-refractivity contribution in [3.63, 3.8) is 0 Å². The summed E-state index contributed by atoms with van der Waals surface area (Å²) in [5.74, 6) is 3.06. The molecule has 1 N–H and O–H groups in total. The van der Waals surface area contributed by atoms with Crippen LogP contribution in [0.4, 0.5) is 0 Å². The topological polar surface area (TPSA) is 59.1 Å². The Balaban J connectivity index is 1.35. The quantitative estimate of drug-likeness (QED) is 0.791. The van der Waals surface area contributed by atoms with E-state index in [1.54, 1.807) is 6.92 Å². The second-order valence-electron chi connectivity index (χ2n) is 8.57. The largest absolute Gasteiger partial charge is 0.347 e. The number of ketones is 1. The average Bonchev–Trinajstić information content (AvgIpc) is 3.14. The van der Waals surface area contributed by atoms with Crippen molar-refractivity contribution >= 4 is 23.0 Å². The van der Waals surface area contributed by atoms with Crippen molar-refractivity contribution in [2.45, 2.75) is 45.1 Å². The molecule has 0 unspecified atom stereocenters. The van der Waals surface area contributed by atoms with Crippen molar-refractivity contribution < 1.29 is 9.59 Å². The number of carbonyl (C=O) groups excluding carboxylic acids is 2. The molecule has 6 rings (SSSR count). The summed E-state index contributed by atoms with van der Waals surface area (Å²) in [4.78, 5) is 29.3. The van der Waals surface area contributed by atoms with Gasteiger partial charge in [-0.1, -0.05) is 24.3 Å². The normalized spacial score (nSPS) is 31.1. The van der Waals surface area contributed by atoms with Crippen molar-refractivity contribution in [3.05, 3.63) is 40.9 Å². The average molecular weight is 381 g/mol. The molecule has 4 saturated carbocycles. The summed E-state index contributed by atoms with van der Waals surface area (Å²) in [5, 5.41) is 5.87. The van der Waals surface area contributed by atoms with Gasteiger partial charge in [-0.3, -0.25) is 9.59 Å². The van der Waals surface area contributed by atoms with Gasteiger partial charge in [-0.25, -0.2) is 4.98 Å². The van der Waals surface area contributed by atoms with Gasteiger partial charge >= 0.3 is 0 Å². The summed E-state index contributed by atoms with van der Waals surface area (Å²) in [6.45, 7) is 1.56. The first kappa shape index (κ1) is 17.1. The molecule has 2 aromatic rings. The molecule has 4 bridgehead atoms.